The molecule has 0 radical (unpaired) electrons. The molecule has 1 heterocycles. The number of nitrogens with one attached hydrogen (secondary N) is 1. The van der Waals surface area contributed by atoms with Gasteiger partial charge >= 0.3 is 0 Å². The predicted octanol–water partition coefficient (Wildman–Crippen LogP) is 0.997. The normalized spacial score (nSPS) is 22.8. The molecule has 0 aromatic heterocycles. The number of hydrogen-bond acceptors (Lipinski definition) is 2. The van der Waals surface area contributed by atoms with E-state index in [-0.39, 0.29) is 5.91 Å². The average molecular weight is 184 g/mol. The summed E-state index contributed by atoms with van der Waals surface area (Å²) in [5.74, 6) is 0.288. The highest BCUT2D eigenvalue weighted by Gasteiger charge is 2.22. The van der Waals surface area contributed by atoms with Crippen LogP contribution in [0.25, 0.3) is 0 Å². The van der Waals surface area contributed by atoms with Crippen molar-refractivity contribution < 1.29 is 4.79 Å². The van der Waals surface area contributed by atoms with E-state index in [1.165, 1.54) is 6.42 Å². The van der Waals surface area contributed by atoms with Crippen molar-refractivity contribution in [2.75, 3.05) is 19.6 Å². The van der Waals surface area contributed by atoms with Crippen LogP contribution < -0.4 is 5.32 Å². The van der Waals surface area contributed by atoms with Gasteiger partial charge in [-0.25, -0.2) is 0 Å². The first-order valence-electron chi connectivity index (χ1n) is 5.29. The van der Waals surface area contributed by atoms with Gasteiger partial charge in [-0.05, 0) is 26.3 Å². The Morgan fingerprint density at radius 2 is 2.31 bits per heavy atom. The summed E-state index contributed by atoms with van der Waals surface area (Å²) in [4.78, 5) is 13.5. The summed E-state index contributed by atoms with van der Waals surface area (Å²) in [6.07, 6.45) is 2.98. The van der Waals surface area contributed by atoms with Crippen LogP contribution in [-0.4, -0.2) is 36.5 Å². The first-order chi connectivity index (χ1) is 6.29. The maximum Gasteiger partial charge on any atom is 0.222 e. The Kier molecular flexibility index (Phi) is 4.22. The molecule has 0 spiro atoms. The van der Waals surface area contributed by atoms with Crippen LogP contribution in [-0.2, 0) is 4.79 Å². The molecule has 76 valence electrons. The summed E-state index contributed by atoms with van der Waals surface area (Å²) in [6.45, 7) is 6.91. The van der Waals surface area contributed by atoms with Gasteiger partial charge < -0.3 is 10.2 Å². The van der Waals surface area contributed by atoms with Crippen molar-refractivity contribution in [2.24, 2.45) is 0 Å². The molecule has 1 N–H and O–H groups in total. The lowest BCUT2D eigenvalue weighted by Gasteiger charge is -2.33. The van der Waals surface area contributed by atoms with Crippen molar-refractivity contribution in [3.63, 3.8) is 0 Å². The molecule has 1 atom stereocenters. The summed E-state index contributed by atoms with van der Waals surface area (Å²) in [5.41, 5.74) is 0. The SMILES string of the molecule is CCC(=O)N(CC)[C@H]1CCCNC1. The van der Waals surface area contributed by atoms with Gasteiger partial charge in [0.2, 0.25) is 5.91 Å². The molecule has 0 saturated carbocycles. The Morgan fingerprint density at radius 1 is 1.54 bits per heavy atom. The summed E-state index contributed by atoms with van der Waals surface area (Å²) in [5, 5.41) is 3.33. The van der Waals surface area contributed by atoms with E-state index in [9.17, 15) is 4.79 Å². The number of carbonyl (C=O) groups is 1. The van der Waals surface area contributed by atoms with Gasteiger partial charge in [0.05, 0.1) is 0 Å². The van der Waals surface area contributed by atoms with Crippen molar-refractivity contribution in [3.05, 3.63) is 0 Å². The van der Waals surface area contributed by atoms with Crippen LogP contribution in [0.1, 0.15) is 33.1 Å². The molecule has 3 heteroatoms. The number of piperidine rings is 1. The summed E-state index contributed by atoms with van der Waals surface area (Å²) < 4.78 is 0. The second-order valence-electron chi connectivity index (χ2n) is 3.53. The van der Waals surface area contributed by atoms with Gasteiger partial charge in [-0.2, -0.15) is 0 Å². The van der Waals surface area contributed by atoms with E-state index in [0.29, 0.717) is 12.5 Å². The largest absolute Gasteiger partial charge is 0.339 e. The van der Waals surface area contributed by atoms with Crippen LogP contribution in [0.3, 0.4) is 0 Å². The smallest absolute Gasteiger partial charge is 0.222 e. The average Bonchev–Trinajstić information content (AvgIpc) is 2.20. The fourth-order valence-electron chi connectivity index (χ4n) is 1.94. The zero-order valence-corrected chi connectivity index (χ0v) is 8.68. The van der Waals surface area contributed by atoms with Crippen molar-refractivity contribution in [3.8, 4) is 0 Å². The molecule has 1 aliphatic rings. The Bertz CT molecular complexity index is 164. The predicted molar refractivity (Wildman–Crippen MR) is 53.6 cm³/mol. The topological polar surface area (TPSA) is 32.3 Å². The van der Waals surface area contributed by atoms with Gasteiger partial charge in [0.15, 0.2) is 0 Å². The molecule has 1 saturated heterocycles. The van der Waals surface area contributed by atoms with Gasteiger partial charge in [-0.3, -0.25) is 4.79 Å². The standard InChI is InChI=1S/C10H20N2O/c1-3-10(13)12(4-2)9-6-5-7-11-8-9/h9,11H,3-8H2,1-2H3/t9-/m0/s1. The maximum absolute atomic E-state index is 11.5. The lowest BCUT2D eigenvalue weighted by Crippen LogP contribution is -2.48. The Morgan fingerprint density at radius 3 is 2.77 bits per heavy atom. The zero-order chi connectivity index (χ0) is 9.68. The minimum Gasteiger partial charge on any atom is -0.339 e. The fraction of sp³-hybridized carbons (Fsp3) is 0.900. The minimum absolute atomic E-state index is 0.288. The quantitative estimate of drug-likeness (QED) is 0.709. The highest BCUT2D eigenvalue weighted by Crippen LogP contribution is 2.11. The third kappa shape index (κ3) is 2.69. The van der Waals surface area contributed by atoms with E-state index in [1.54, 1.807) is 0 Å². The van der Waals surface area contributed by atoms with Gasteiger partial charge in [0.25, 0.3) is 0 Å². The zero-order valence-electron chi connectivity index (χ0n) is 8.68. The van der Waals surface area contributed by atoms with E-state index in [4.69, 9.17) is 0 Å². The molecular weight excluding hydrogens is 164 g/mol. The number of hydrogen-bond donors (Lipinski definition) is 1. The molecule has 0 bridgehead atoms. The van der Waals surface area contributed by atoms with Crippen LogP contribution in [0.4, 0.5) is 0 Å². The van der Waals surface area contributed by atoms with Gasteiger partial charge in [-0.15, -0.1) is 0 Å². The molecule has 0 aromatic rings. The molecule has 1 fully saturated rings. The number of amides is 1. The molecule has 1 aliphatic heterocycles. The second kappa shape index (κ2) is 5.22. The number of rotatable bonds is 3. The van der Waals surface area contributed by atoms with Crippen LogP contribution >= 0.6 is 0 Å². The second-order valence-corrected chi connectivity index (χ2v) is 3.53. The van der Waals surface area contributed by atoms with Crippen LogP contribution in [0.2, 0.25) is 0 Å². The maximum atomic E-state index is 11.5. The Hall–Kier alpha value is -0.570. The summed E-state index contributed by atoms with van der Waals surface area (Å²) in [6, 6.07) is 0.436. The van der Waals surface area contributed by atoms with Gasteiger partial charge in [0, 0.05) is 25.6 Å². The molecule has 3 nitrogen and oxygen atoms in total. The number of carbonyl (C=O) groups excluding carboxylic acids is 1. The molecular formula is C10H20N2O. The minimum atomic E-state index is 0.288. The third-order valence-electron chi connectivity index (χ3n) is 2.68. The lowest BCUT2D eigenvalue weighted by molar-refractivity contribution is -0.133. The summed E-state index contributed by atoms with van der Waals surface area (Å²) >= 11 is 0. The first kappa shape index (κ1) is 10.5. The van der Waals surface area contributed by atoms with E-state index in [1.807, 2.05) is 11.8 Å². The Balaban J connectivity index is 2.48. The Labute approximate surface area is 80.5 Å². The number of nitrogens with zero attached hydrogens (tertiary/aromatic N) is 1. The van der Waals surface area contributed by atoms with Crippen LogP contribution in [0.15, 0.2) is 0 Å². The van der Waals surface area contributed by atoms with Crippen LogP contribution in [0.5, 0.6) is 0 Å². The highest BCUT2D eigenvalue weighted by molar-refractivity contribution is 5.76. The summed E-state index contributed by atoms with van der Waals surface area (Å²) in [7, 11) is 0. The molecule has 1 rings (SSSR count). The van der Waals surface area contributed by atoms with E-state index >= 15 is 0 Å². The molecule has 0 aromatic carbocycles. The monoisotopic (exact) mass is 184 g/mol. The lowest BCUT2D eigenvalue weighted by atomic mass is 10.1. The fourth-order valence-corrected chi connectivity index (χ4v) is 1.94. The van der Waals surface area contributed by atoms with Gasteiger partial charge in [-0.1, -0.05) is 6.92 Å². The van der Waals surface area contributed by atoms with Gasteiger partial charge in [0.1, 0.15) is 0 Å². The molecule has 0 unspecified atom stereocenters. The van der Waals surface area contributed by atoms with E-state index in [2.05, 4.69) is 12.2 Å². The van der Waals surface area contributed by atoms with Crippen molar-refractivity contribution >= 4 is 5.91 Å². The highest BCUT2D eigenvalue weighted by atomic mass is 16.2. The third-order valence-corrected chi connectivity index (χ3v) is 2.68. The van der Waals surface area contributed by atoms with E-state index in [0.717, 1.165) is 26.1 Å². The molecule has 1 amide bonds. The van der Waals surface area contributed by atoms with Crippen molar-refractivity contribution in [1.82, 2.24) is 10.2 Å². The first-order valence-corrected chi connectivity index (χ1v) is 5.29. The van der Waals surface area contributed by atoms with Crippen molar-refractivity contribution in [1.29, 1.82) is 0 Å². The van der Waals surface area contributed by atoms with E-state index < -0.39 is 0 Å². The van der Waals surface area contributed by atoms with Crippen LogP contribution in [0, 0.1) is 0 Å². The molecule has 13 heavy (non-hydrogen) atoms. The number of likely N-dealkylation sites (N-methyl/N-ethyl adjacent to an activating group) is 1. The van der Waals surface area contributed by atoms with Crippen molar-refractivity contribution in [2.45, 2.75) is 39.2 Å². The molecule has 0 aliphatic carbocycles.